The molecule has 1 saturated heterocycles. The lowest BCUT2D eigenvalue weighted by Gasteiger charge is -2.31. The van der Waals surface area contributed by atoms with E-state index in [9.17, 15) is 9.59 Å². The van der Waals surface area contributed by atoms with E-state index < -0.39 is 0 Å². The van der Waals surface area contributed by atoms with Gasteiger partial charge >= 0.3 is 0 Å². The second kappa shape index (κ2) is 8.25. The molecule has 0 saturated carbocycles. The van der Waals surface area contributed by atoms with E-state index in [4.69, 9.17) is 17.3 Å². The highest BCUT2D eigenvalue weighted by atomic mass is 35.5. The molecular formula is C18H20ClN5O2. The number of rotatable bonds is 6. The van der Waals surface area contributed by atoms with Crippen LogP contribution < -0.4 is 11.1 Å². The Labute approximate surface area is 156 Å². The summed E-state index contributed by atoms with van der Waals surface area (Å²) in [4.78, 5) is 33.6. The third kappa shape index (κ3) is 4.36. The van der Waals surface area contributed by atoms with Gasteiger partial charge in [0, 0.05) is 35.9 Å². The summed E-state index contributed by atoms with van der Waals surface area (Å²) in [6.07, 6.45) is 4.15. The number of hydrogen-bond acceptors (Lipinski definition) is 7. The molecule has 8 heteroatoms. The summed E-state index contributed by atoms with van der Waals surface area (Å²) < 4.78 is 0. The van der Waals surface area contributed by atoms with Crippen molar-refractivity contribution in [3.8, 4) is 0 Å². The zero-order valence-corrected chi connectivity index (χ0v) is 14.9. The predicted molar refractivity (Wildman–Crippen MR) is 100 cm³/mol. The topological polar surface area (TPSA) is 101 Å². The van der Waals surface area contributed by atoms with Crippen molar-refractivity contribution >= 4 is 35.4 Å². The number of halogens is 1. The smallest absolute Gasteiger partial charge is 0.224 e. The first-order chi connectivity index (χ1) is 12.6. The summed E-state index contributed by atoms with van der Waals surface area (Å²) in [5.74, 6) is 0.303. The number of nitrogens with one attached hydrogen (secondary N) is 1. The molecule has 3 rings (SSSR count). The van der Waals surface area contributed by atoms with Gasteiger partial charge in [-0.15, -0.1) is 0 Å². The quantitative estimate of drug-likeness (QED) is 0.590. The van der Waals surface area contributed by atoms with Crippen molar-refractivity contribution in [1.29, 1.82) is 0 Å². The number of piperidine rings is 1. The molecule has 1 fully saturated rings. The van der Waals surface area contributed by atoms with Crippen LogP contribution in [-0.2, 0) is 4.79 Å². The highest BCUT2D eigenvalue weighted by Crippen LogP contribution is 2.19. The summed E-state index contributed by atoms with van der Waals surface area (Å²) in [7, 11) is 0. The second-order valence-corrected chi connectivity index (χ2v) is 6.65. The van der Waals surface area contributed by atoms with Crippen LogP contribution in [0.15, 0.2) is 30.5 Å². The largest absolute Gasteiger partial charge is 0.383 e. The fraction of sp³-hybridized carbons (Fsp3) is 0.333. The lowest BCUT2D eigenvalue weighted by atomic mass is 10.0. The van der Waals surface area contributed by atoms with Gasteiger partial charge in [-0.05, 0) is 37.1 Å². The first-order valence-electron chi connectivity index (χ1n) is 8.42. The number of nitrogen functional groups attached to an aromatic ring is 1. The fourth-order valence-electron chi connectivity index (χ4n) is 2.94. The van der Waals surface area contributed by atoms with E-state index in [2.05, 4.69) is 20.2 Å². The average molecular weight is 374 g/mol. The first-order valence-corrected chi connectivity index (χ1v) is 8.80. The summed E-state index contributed by atoms with van der Waals surface area (Å²) in [5.41, 5.74) is 6.71. The van der Waals surface area contributed by atoms with Gasteiger partial charge in [0.05, 0.1) is 12.1 Å². The molecular weight excluding hydrogens is 354 g/mol. The number of carbonyl (C=O) groups excluding carboxylic acids is 2. The molecule has 0 bridgehead atoms. The number of hydrogen-bond donors (Lipinski definition) is 2. The number of carbonyl (C=O) groups is 2. The third-order valence-corrected chi connectivity index (χ3v) is 4.67. The normalized spacial score (nSPS) is 15.6. The summed E-state index contributed by atoms with van der Waals surface area (Å²) >= 11 is 5.84. The summed E-state index contributed by atoms with van der Waals surface area (Å²) in [6, 6.07) is 6.81. The minimum absolute atomic E-state index is 0.140. The Morgan fingerprint density at radius 1 is 1.31 bits per heavy atom. The van der Waals surface area contributed by atoms with Crippen LogP contribution in [0.2, 0.25) is 5.02 Å². The molecule has 0 atom stereocenters. The van der Waals surface area contributed by atoms with E-state index in [1.54, 1.807) is 24.3 Å². The molecule has 0 aliphatic carbocycles. The fourth-order valence-corrected chi connectivity index (χ4v) is 3.07. The summed E-state index contributed by atoms with van der Waals surface area (Å²) in [6.45, 7) is 2.16. The number of benzene rings is 1. The number of aldehydes is 1. The zero-order valence-electron chi connectivity index (χ0n) is 14.2. The predicted octanol–water partition coefficient (Wildman–Crippen LogP) is 2.02. The highest BCUT2D eigenvalue weighted by Gasteiger charge is 2.20. The Hall–Kier alpha value is -2.51. The van der Waals surface area contributed by atoms with E-state index in [1.807, 2.05) is 0 Å². The van der Waals surface area contributed by atoms with E-state index in [0.717, 1.165) is 32.2 Å². The van der Waals surface area contributed by atoms with E-state index >= 15 is 0 Å². The SMILES string of the molecule is Nc1nc(NC2CCN(CC=O)CC2)ncc1C(=O)c1ccc(Cl)cc1. The van der Waals surface area contributed by atoms with Gasteiger partial charge in [0.15, 0.2) is 5.78 Å². The maximum absolute atomic E-state index is 12.5. The third-order valence-electron chi connectivity index (χ3n) is 4.42. The van der Waals surface area contributed by atoms with Crippen molar-refractivity contribution in [2.24, 2.45) is 0 Å². The van der Waals surface area contributed by atoms with Crippen LogP contribution in [0.5, 0.6) is 0 Å². The second-order valence-electron chi connectivity index (χ2n) is 6.21. The Morgan fingerprint density at radius 2 is 2.00 bits per heavy atom. The van der Waals surface area contributed by atoms with Gasteiger partial charge in [-0.2, -0.15) is 4.98 Å². The molecule has 0 radical (unpaired) electrons. The molecule has 7 nitrogen and oxygen atoms in total. The minimum atomic E-state index is -0.243. The van der Waals surface area contributed by atoms with Crippen molar-refractivity contribution in [3.05, 3.63) is 46.6 Å². The zero-order chi connectivity index (χ0) is 18.5. The van der Waals surface area contributed by atoms with Crippen molar-refractivity contribution in [2.45, 2.75) is 18.9 Å². The Kier molecular flexibility index (Phi) is 5.80. The van der Waals surface area contributed by atoms with Crippen molar-refractivity contribution < 1.29 is 9.59 Å². The molecule has 0 amide bonds. The van der Waals surface area contributed by atoms with Gasteiger partial charge in [0.1, 0.15) is 12.1 Å². The monoisotopic (exact) mass is 373 g/mol. The maximum Gasteiger partial charge on any atom is 0.224 e. The lowest BCUT2D eigenvalue weighted by Crippen LogP contribution is -2.40. The highest BCUT2D eigenvalue weighted by molar-refractivity contribution is 6.30. The van der Waals surface area contributed by atoms with E-state index in [1.165, 1.54) is 6.20 Å². The van der Waals surface area contributed by atoms with Crippen LogP contribution in [0, 0.1) is 0 Å². The summed E-state index contributed by atoms with van der Waals surface area (Å²) in [5, 5.41) is 3.81. The first kappa shape index (κ1) is 18.3. The van der Waals surface area contributed by atoms with E-state index in [0.29, 0.717) is 23.1 Å². The minimum Gasteiger partial charge on any atom is -0.383 e. The van der Waals surface area contributed by atoms with Crippen LogP contribution in [0.1, 0.15) is 28.8 Å². The number of aromatic nitrogens is 2. The molecule has 136 valence electrons. The Morgan fingerprint density at radius 3 is 2.62 bits per heavy atom. The number of ketones is 1. The number of nitrogens with two attached hydrogens (primary N) is 1. The number of likely N-dealkylation sites (tertiary alicyclic amines) is 1. The van der Waals surface area contributed by atoms with Gasteiger partial charge in [0.2, 0.25) is 5.95 Å². The molecule has 1 aromatic carbocycles. The molecule has 0 unspecified atom stereocenters. The van der Waals surface area contributed by atoms with E-state index in [-0.39, 0.29) is 23.2 Å². The average Bonchev–Trinajstić information content (AvgIpc) is 2.64. The van der Waals surface area contributed by atoms with Gasteiger partial charge in [-0.1, -0.05) is 11.6 Å². The van der Waals surface area contributed by atoms with Crippen LogP contribution >= 0.6 is 11.6 Å². The lowest BCUT2D eigenvalue weighted by molar-refractivity contribution is -0.109. The van der Waals surface area contributed by atoms with Crippen LogP contribution in [-0.4, -0.2) is 52.6 Å². The van der Waals surface area contributed by atoms with Gasteiger partial charge in [0.25, 0.3) is 0 Å². The van der Waals surface area contributed by atoms with Gasteiger partial charge in [-0.25, -0.2) is 4.98 Å². The Bertz CT molecular complexity index is 789. The molecule has 26 heavy (non-hydrogen) atoms. The Balaban J connectivity index is 1.65. The van der Waals surface area contributed by atoms with Gasteiger partial charge < -0.3 is 15.8 Å². The van der Waals surface area contributed by atoms with Crippen molar-refractivity contribution in [2.75, 3.05) is 30.7 Å². The van der Waals surface area contributed by atoms with Crippen LogP contribution in [0.25, 0.3) is 0 Å². The van der Waals surface area contributed by atoms with Crippen molar-refractivity contribution in [1.82, 2.24) is 14.9 Å². The molecule has 1 aromatic heterocycles. The molecule has 1 aliphatic heterocycles. The molecule has 3 N–H and O–H groups in total. The number of nitrogens with zero attached hydrogens (tertiary/aromatic N) is 3. The molecule has 2 heterocycles. The van der Waals surface area contributed by atoms with Gasteiger partial charge in [-0.3, -0.25) is 9.69 Å². The van der Waals surface area contributed by atoms with Crippen LogP contribution in [0.3, 0.4) is 0 Å². The molecule has 1 aliphatic rings. The number of anilines is 2. The molecule has 2 aromatic rings. The van der Waals surface area contributed by atoms with Crippen LogP contribution in [0.4, 0.5) is 11.8 Å². The van der Waals surface area contributed by atoms with Crippen molar-refractivity contribution in [3.63, 3.8) is 0 Å². The standard InChI is InChI=1S/C18H20ClN5O2/c19-13-3-1-12(2-4-13)16(26)15-11-21-18(23-17(15)20)22-14-5-7-24(8-6-14)9-10-25/h1-4,10-11,14H,5-9H2,(H3,20,21,22,23). The maximum atomic E-state index is 12.5. The molecule has 0 spiro atoms.